The van der Waals surface area contributed by atoms with Crippen molar-refractivity contribution in [3.8, 4) is 11.5 Å². The van der Waals surface area contributed by atoms with Crippen molar-refractivity contribution in [2.75, 3.05) is 13.2 Å². The number of nitrogens with one attached hydrogen (secondary N) is 1. The Bertz CT molecular complexity index is 725. The van der Waals surface area contributed by atoms with E-state index in [1.165, 1.54) is 0 Å². The minimum atomic E-state index is 0.0582. The van der Waals surface area contributed by atoms with Crippen LogP contribution in [0.5, 0.6) is 11.5 Å². The second-order valence-corrected chi connectivity index (χ2v) is 5.91. The van der Waals surface area contributed by atoms with E-state index < -0.39 is 0 Å². The van der Waals surface area contributed by atoms with Crippen molar-refractivity contribution in [3.05, 3.63) is 59.7 Å². The number of oxime groups is 1. The molecule has 0 unspecified atom stereocenters. The van der Waals surface area contributed by atoms with Crippen LogP contribution in [0.2, 0.25) is 0 Å². The first-order valence-corrected chi connectivity index (χ1v) is 8.59. The zero-order valence-corrected chi connectivity index (χ0v) is 14.9. The van der Waals surface area contributed by atoms with E-state index >= 15 is 0 Å². The molecule has 0 radical (unpaired) electrons. The van der Waals surface area contributed by atoms with Crippen LogP contribution in [0.25, 0.3) is 0 Å². The summed E-state index contributed by atoms with van der Waals surface area (Å²) in [5, 5.41) is 19.3. The fourth-order valence-corrected chi connectivity index (χ4v) is 2.34. The second kappa shape index (κ2) is 10.1. The van der Waals surface area contributed by atoms with Gasteiger partial charge in [-0.25, -0.2) is 0 Å². The number of nitrogen functional groups attached to an aromatic ring is 1. The van der Waals surface area contributed by atoms with Gasteiger partial charge in [-0.3, -0.25) is 5.41 Å². The van der Waals surface area contributed by atoms with Crippen LogP contribution in [0.4, 0.5) is 0 Å². The van der Waals surface area contributed by atoms with E-state index in [1.807, 2.05) is 36.4 Å². The van der Waals surface area contributed by atoms with Crippen molar-refractivity contribution in [2.24, 2.45) is 10.9 Å². The third-order valence-corrected chi connectivity index (χ3v) is 3.91. The summed E-state index contributed by atoms with van der Waals surface area (Å²) in [5.41, 5.74) is 7.56. The average Bonchev–Trinajstić information content (AvgIpc) is 2.67. The van der Waals surface area contributed by atoms with E-state index in [9.17, 15) is 0 Å². The Balaban J connectivity index is 1.58. The molecule has 2 aromatic rings. The first-order chi connectivity index (χ1) is 12.6. The first-order valence-electron chi connectivity index (χ1n) is 8.59. The number of ether oxygens (including phenoxy) is 2. The van der Waals surface area contributed by atoms with Gasteiger partial charge in [0.05, 0.1) is 18.9 Å². The molecule has 0 bridgehead atoms. The molecule has 0 fully saturated rings. The molecule has 6 nitrogen and oxygen atoms in total. The molecule has 2 rings (SSSR count). The fraction of sp³-hybridized carbons (Fsp3) is 0.300. The molecule has 0 aliphatic heterocycles. The van der Waals surface area contributed by atoms with Gasteiger partial charge in [-0.15, -0.1) is 0 Å². The summed E-state index contributed by atoms with van der Waals surface area (Å²) in [7, 11) is 0. The molecular weight excluding hydrogens is 330 g/mol. The van der Waals surface area contributed by atoms with Gasteiger partial charge in [0, 0.05) is 5.56 Å². The summed E-state index contributed by atoms with van der Waals surface area (Å²) in [6, 6.07) is 14.7. The smallest absolute Gasteiger partial charge is 0.122 e. The van der Waals surface area contributed by atoms with Crippen LogP contribution in [0.3, 0.4) is 0 Å². The van der Waals surface area contributed by atoms with Crippen molar-refractivity contribution < 1.29 is 14.7 Å². The second-order valence-electron chi connectivity index (χ2n) is 5.91. The van der Waals surface area contributed by atoms with Crippen LogP contribution >= 0.6 is 0 Å². The Hall–Kier alpha value is -3.02. The molecule has 138 valence electrons. The molecule has 0 spiro atoms. The molecule has 0 aliphatic carbocycles. The number of rotatable bonds is 10. The Morgan fingerprint density at radius 2 is 1.35 bits per heavy atom. The first kappa shape index (κ1) is 19.3. The Kier molecular flexibility index (Phi) is 7.49. The molecule has 2 aromatic carbocycles. The highest BCUT2D eigenvalue weighted by atomic mass is 16.5. The summed E-state index contributed by atoms with van der Waals surface area (Å²) in [5.74, 6) is 1.65. The van der Waals surface area contributed by atoms with Gasteiger partial charge in [0.15, 0.2) is 0 Å². The molecule has 4 N–H and O–H groups in total. The SMILES string of the molecule is C/C(=N/O)c1ccc(OCCCCCOc2ccc(C(=N)N)cc2)cc1. The molecule has 0 saturated heterocycles. The number of unbranched alkanes of at least 4 members (excludes halogenated alkanes) is 2. The standard InChI is InChI=1S/C20H25N3O3/c1-15(23-24)16-5-9-18(10-6-16)25-13-3-2-4-14-26-19-11-7-17(8-12-19)20(21)22/h5-12,24H,2-4,13-14H2,1H3,(H3,21,22)/b23-15-. The zero-order chi connectivity index (χ0) is 18.8. The van der Waals surface area contributed by atoms with Gasteiger partial charge in [0.25, 0.3) is 0 Å². The lowest BCUT2D eigenvalue weighted by Gasteiger charge is -2.08. The molecule has 0 atom stereocenters. The fourth-order valence-electron chi connectivity index (χ4n) is 2.34. The maximum absolute atomic E-state index is 8.74. The maximum Gasteiger partial charge on any atom is 0.122 e. The summed E-state index contributed by atoms with van der Waals surface area (Å²) >= 11 is 0. The van der Waals surface area contributed by atoms with Crippen LogP contribution in [0.1, 0.15) is 37.3 Å². The topological polar surface area (TPSA) is 101 Å². The number of nitrogens with zero attached hydrogens (tertiary/aromatic N) is 1. The van der Waals surface area contributed by atoms with Gasteiger partial charge in [0.1, 0.15) is 17.3 Å². The van der Waals surface area contributed by atoms with E-state index in [4.69, 9.17) is 25.8 Å². The van der Waals surface area contributed by atoms with Crippen molar-refractivity contribution in [2.45, 2.75) is 26.2 Å². The lowest BCUT2D eigenvalue weighted by molar-refractivity contribution is 0.279. The van der Waals surface area contributed by atoms with Crippen LogP contribution in [0, 0.1) is 5.41 Å². The van der Waals surface area contributed by atoms with Crippen molar-refractivity contribution in [1.82, 2.24) is 0 Å². The Morgan fingerprint density at radius 3 is 1.77 bits per heavy atom. The minimum absolute atomic E-state index is 0.0582. The van der Waals surface area contributed by atoms with E-state index in [0.717, 1.165) is 36.3 Å². The molecule has 0 heterocycles. The molecule has 0 aliphatic rings. The van der Waals surface area contributed by atoms with E-state index in [2.05, 4.69) is 5.16 Å². The summed E-state index contributed by atoms with van der Waals surface area (Å²) in [6.45, 7) is 3.04. The van der Waals surface area contributed by atoms with E-state index in [0.29, 0.717) is 24.5 Å². The summed E-state index contributed by atoms with van der Waals surface area (Å²) < 4.78 is 11.4. The Labute approximate surface area is 153 Å². The lowest BCUT2D eigenvalue weighted by atomic mass is 10.1. The van der Waals surface area contributed by atoms with E-state index in [-0.39, 0.29) is 5.84 Å². The molecule has 6 heteroatoms. The van der Waals surface area contributed by atoms with Crippen LogP contribution in [0.15, 0.2) is 53.7 Å². The molecule has 26 heavy (non-hydrogen) atoms. The minimum Gasteiger partial charge on any atom is -0.494 e. The van der Waals surface area contributed by atoms with Crippen molar-refractivity contribution >= 4 is 11.5 Å². The molecule has 0 aromatic heterocycles. The van der Waals surface area contributed by atoms with Gasteiger partial charge in [-0.05, 0) is 80.3 Å². The van der Waals surface area contributed by atoms with Crippen LogP contribution in [-0.4, -0.2) is 30.0 Å². The number of hydrogen-bond donors (Lipinski definition) is 3. The number of nitrogens with two attached hydrogens (primary N) is 1. The summed E-state index contributed by atoms with van der Waals surface area (Å²) in [6.07, 6.45) is 2.91. The lowest BCUT2D eigenvalue weighted by Crippen LogP contribution is -2.10. The largest absolute Gasteiger partial charge is 0.494 e. The molecule has 0 amide bonds. The van der Waals surface area contributed by atoms with Crippen molar-refractivity contribution in [3.63, 3.8) is 0 Å². The normalized spacial score (nSPS) is 11.2. The number of benzene rings is 2. The number of amidine groups is 1. The van der Waals surface area contributed by atoms with Crippen LogP contribution in [-0.2, 0) is 0 Å². The third kappa shape index (κ3) is 6.12. The van der Waals surface area contributed by atoms with Gasteiger partial charge in [-0.1, -0.05) is 5.16 Å². The highest BCUT2D eigenvalue weighted by Crippen LogP contribution is 2.14. The van der Waals surface area contributed by atoms with Gasteiger partial charge >= 0.3 is 0 Å². The summed E-state index contributed by atoms with van der Waals surface area (Å²) in [4.78, 5) is 0. The van der Waals surface area contributed by atoms with Gasteiger partial charge in [-0.2, -0.15) is 0 Å². The monoisotopic (exact) mass is 355 g/mol. The third-order valence-electron chi connectivity index (χ3n) is 3.91. The predicted molar refractivity (Wildman–Crippen MR) is 103 cm³/mol. The average molecular weight is 355 g/mol. The van der Waals surface area contributed by atoms with Gasteiger partial charge < -0.3 is 20.4 Å². The van der Waals surface area contributed by atoms with Crippen LogP contribution < -0.4 is 15.2 Å². The number of hydrogen-bond acceptors (Lipinski definition) is 5. The van der Waals surface area contributed by atoms with Crippen molar-refractivity contribution in [1.29, 1.82) is 5.41 Å². The quantitative estimate of drug-likeness (QED) is 0.198. The van der Waals surface area contributed by atoms with Gasteiger partial charge in [0.2, 0.25) is 0 Å². The molecule has 0 saturated carbocycles. The highest BCUT2D eigenvalue weighted by molar-refractivity contribution is 5.98. The maximum atomic E-state index is 8.74. The highest BCUT2D eigenvalue weighted by Gasteiger charge is 2.00. The molecular formula is C20H25N3O3. The zero-order valence-electron chi connectivity index (χ0n) is 14.9. The Morgan fingerprint density at radius 1 is 0.885 bits per heavy atom. The predicted octanol–water partition coefficient (Wildman–Crippen LogP) is 3.80. The van der Waals surface area contributed by atoms with E-state index in [1.54, 1.807) is 19.1 Å².